The number of hydrogen-bond donors (Lipinski definition) is 0. The molecule has 0 aromatic carbocycles. The summed E-state index contributed by atoms with van der Waals surface area (Å²) in [6.45, 7) is 7.35. The molecule has 8 nitrogen and oxygen atoms in total. The van der Waals surface area contributed by atoms with Crippen LogP contribution in [0.25, 0.3) is 0 Å². The predicted octanol–water partition coefficient (Wildman–Crippen LogP) is 0.730. The fourth-order valence-corrected chi connectivity index (χ4v) is 2.18. The minimum Gasteiger partial charge on any atom is -0.463 e. The number of ether oxygens (including phenoxy) is 5. The van der Waals surface area contributed by atoms with Crippen molar-refractivity contribution >= 4 is 17.9 Å². The Morgan fingerprint density at radius 1 is 1.13 bits per heavy atom. The molecule has 1 aliphatic rings. The molecule has 1 aliphatic heterocycles. The van der Waals surface area contributed by atoms with Crippen LogP contribution in [0.3, 0.4) is 0 Å². The van der Waals surface area contributed by atoms with Crippen molar-refractivity contribution < 1.29 is 38.1 Å². The zero-order valence-corrected chi connectivity index (χ0v) is 13.5. The van der Waals surface area contributed by atoms with E-state index in [1.54, 1.807) is 6.08 Å². The molecule has 130 valence electrons. The van der Waals surface area contributed by atoms with Gasteiger partial charge in [0.1, 0.15) is 18.8 Å². The minimum absolute atomic E-state index is 0.154. The molecule has 0 bridgehead atoms. The summed E-state index contributed by atoms with van der Waals surface area (Å²) in [5.41, 5.74) is 0. The van der Waals surface area contributed by atoms with E-state index in [-0.39, 0.29) is 19.6 Å². The summed E-state index contributed by atoms with van der Waals surface area (Å²) in [6.07, 6.45) is -1.44. The Balaban J connectivity index is 2.90. The summed E-state index contributed by atoms with van der Waals surface area (Å²) in [6, 6.07) is 0. The molecule has 0 radical (unpaired) electrons. The van der Waals surface area contributed by atoms with Gasteiger partial charge in [0.25, 0.3) is 0 Å². The van der Waals surface area contributed by atoms with Gasteiger partial charge in [-0.05, 0) is 0 Å². The molecule has 0 amide bonds. The molecular formula is C15H22O8. The Morgan fingerprint density at radius 2 is 1.78 bits per heavy atom. The van der Waals surface area contributed by atoms with E-state index < -0.39 is 42.5 Å². The average molecular weight is 330 g/mol. The maximum atomic E-state index is 11.3. The smallest absolute Gasteiger partial charge is 0.303 e. The third kappa shape index (κ3) is 6.79. The van der Waals surface area contributed by atoms with E-state index in [0.29, 0.717) is 0 Å². The van der Waals surface area contributed by atoms with E-state index in [2.05, 4.69) is 6.58 Å². The first kappa shape index (κ1) is 19.1. The van der Waals surface area contributed by atoms with Crippen LogP contribution in [0.4, 0.5) is 0 Å². The summed E-state index contributed by atoms with van der Waals surface area (Å²) in [5.74, 6) is -1.59. The van der Waals surface area contributed by atoms with E-state index in [1.807, 2.05) is 0 Å². The molecule has 0 aliphatic carbocycles. The van der Waals surface area contributed by atoms with Crippen LogP contribution in [0, 0.1) is 0 Å². The number of esters is 3. The molecule has 0 spiro atoms. The van der Waals surface area contributed by atoms with Gasteiger partial charge in [0, 0.05) is 27.2 Å². The average Bonchev–Trinajstić information content (AvgIpc) is 2.44. The molecule has 1 heterocycles. The standard InChI is InChI=1S/C15H22O8/c1-5-6-19-14-7-12(21-10(3)17)15(22-11(4)18)13(23-14)8-20-9(2)16/h5,12-15H,1,6-8H2,2-4H3/t12-,13-,14-,15-/m1/s1. The summed E-state index contributed by atoms with van der Waals surface area (Å²) in [4.78, 5) is 33.6. The van der Waals surface area contributed by atoms with E-state index in [9.17, 15) is 14.4 Å². The van der Waals surface area contributed by atoms with Crippen molar-refractivity contribution in [3.63, 3.8) is 0 Å². The van der Waals surface area contributed by atoms with Crippen LogP contribution in [-0.4, -0.2) is 55.7 Å². The highest BCUT2D eigenvalue weighted by Crippen LogP contribution is 2.27. The summed E-state index contributed by atoms with van der Waals surface area (Å²) < 4.78 is 26.4. The van der Waals surface area contributed by atoms with Gasteiger partial charge in [-0.15, -0.1) is 6.58 Å². The van der Waals surface area contributed by atoms with E-state index in [0.717, 1.165) is 0 Å². The second-order valence-electron chi connectivity index (χ2n) is 4.99. The zero-order valence-electron chi connectivity index (χ0n) is 13.5. The second-order valence-corrected chi connectivity index (χ2v) is 4.99. The maximum Gasteiger partial charge on any atom is 0.303 e. The first-order chi connectivity index (χ1) is 10.8. The Morgan fingerprint density at radius 3 is 2.30 bits per heavy atom. The van der Waals surface area contributed by atoms with Crippen molar-refractivity contribution in [3.8, 4) is 0 Å². The first-order valence-electron chi connectivity index (χ1n) is 7.19. The normalized spacial score (nSPS) is 26.9. The molecule has 0 N–H and O–H groups in total. The fourth-order valence-electron chi connectivity index (χ4n) is 2.18. The van der Waals surface area contributed by atoms with Crippen LogP contribution in [0.15, 0.2) is 12.7 Å². The lowest BCUT2D eigenvalue weighted by Crippen LogP contribution is -2.54. The number of carbonyl (C=O) groups is 3. The van der Waals surface area contributed by atoms with Gasteiger partial charge in [-0.25, -0.2) is 0 Å². The third-order valence-corrected chi connectivity index (χ3v) is 2.95. The van der Waals surface area contributed by atoms with Gasteiger partial charge >= 0.3 is 17.9 Å². The van der Waals surface area contributed by atoms with Crippen molar-refractivity contribution in [1.29, 1.82) is 0 Å². The van der Waals surface area contributed by atoms with Gasteiger partial charge in [-0.2, -0.15) is 0 Å². The Kier molecular flexibility index (Phi) is 7.70. The van der Waals surface area contributed by atoms with Gasteiger partial charge in [0.2, 0.25) is 0 Å². The summed E-state index contributed by atoms with van der Waals surface area (Å²) >= 11 is 0. The monoisotopic (exact) mass is 330 g/mol. The highest BCUT2D eigenvalue weighted by molar-refractivity contribution is 5.67. The molecular weight excluding hydrogens is 308 g/mol. The molecule has 1 rings (SSSR count). The number of carbonyl (C=O) groups excluding carboxylic acids is 3. The molecule has 0 unspecified atom stereocenters. The van der Waals surface area contributed by atoms with Crippen molar-refractivity contribution in [2.45, 2.75) is 51.8 Å². The molecule has 4 atom stereocenters. The Bertz CT molecular complexity index is 447. The fraction of sp³-hybridized carbons (Fsp3) is 0.667. The summed E-state index contributed by atoms with van der Waals surface area (Å²) in [7, 11) is 0. The van der Waals surface area contributed by atoms with E-state index >= 15 is 0 Å². The second kappa shape index (κ2) is 9.26. The van der Waals surface area contributed by atoms with Gasteiger partial charge < -0.3 is 23.7 Å². The number of hydrogen-bond acceptors (Lipinski definition) is 8. The van der Waals surface area contributed by atoms with Crippen molar-refractivity contribution in [1.82, 2.24) is 0 Å². The van der Waals surface area contributed by atoms with Gasteiger partial charge in [0.05, 0.1) is 6.61 Å². The highest BCUT2D eigenvalue weighted by Gasteiger charge is 2.44. The van der Waals surface area contributed by atoms with Crippen molar-refractivity contribution in [2.24, 2.45) is 0 Å². The Labute approximate surface area is 134 Å². The van der Waals surface area contributed by atoms with Crippen LogP contribution in [-0.2, 0) is 38.1 Å². The molecule has 0 aromatic rings. The largest absolute Gasteiger partial charge is 0.463 e. The molecule has 8 heteroatoms. The third-order valence-electron chi connectivity index (χ3n) is 2.95. The SMILES string of the molecule is C=CCO[C@H]1C[C@@H](OC(C)=O)[C@@H](OC(C)=O)[C@@H](COC(C)=O)O1. The zero-order chi connectivity index (χ0) is 17.4. The first-order valence-corrected chi connectivity index (χ1v) is 7.19. The minimum atomic E-state index is -0.890. The maximum absolute atomic E-state index is 11.3. The lowest BCUT2D eigenvalue weighted by Gasteiger charge is -2.39. The Hall–Kier alpha value is -1.93. The van der Waals surface area contributed by atoms with Crippen LogP contribution in [0.5, 0.6) is 0 Å². The van der Waals surface area contributed by atoms with Gasteiger partial charge in [-0.1, -0.05) is 6.08 Å². The molecule has 0 aromatic heterocycles. The van der Waals surface area contributed by atoms with Gasteiger partial charge in [0.15, 0.2) is 12.4 Å². The quantitative estimate of drug-likeness (QED) is 0.383. The van der Waals surface area contributed by atoms with Crippen LogP contribution in [0.1, 0.15) is 27.2 Å². The van der Waals surface area contributed by atoms with Crippen LogP contribution in [0.2, 0.25) is 0 Å². The van der Waals surface area contributed by atoms with E-state index in [1.165, 1.54) is 20.8 Å². The van der Waals surface area contributed by atoms with Gasteiger partial charge in [-0.3, -0.25) is 14.4 Å². The lowest BCUT2D eigenvalue weighted by atomic mass is 10.0. The highest BCUT2D eigenvalue weighted by atomic mass is 16.7. The van der Waals surface area contributed by atoms with E-state index in [4.69, 9.17) is 23.7 Å². The molecule has 1 saturated heterocycles. The summed E-state index contributed by atoms with van der Waals surface area (Å²) in [5, 5.41) is 0. The number of rotatable bonds is 7. The lowest BCUT2D eigenvalue weighted by molar-refractivity contribution is -0.263. The molecule has 23 heavy (non-hydrogen) atoms. The predicted molar refractivity (Wildman–Crippen MR) is 77.2 cm³/mol. The van der Waals surface area contributed by atoms with Crippen LogP contribution < -0.4 is 0 Å². The van der Waals surface area contributed by atoms with Crippen LogP contribution >= 0.6 is 0 Å². The van der Waals surface area contributed by atoms with Crippen molar-refractivity contribution in [2.75, 3.05) is 13.2 Å². The molecule has 1 fully saturated rings. The van der Waals surface area contributed by atoms with Crippen molar-refractivity contribution in [3.05, 3.63) is 12.7 Å². The topological polar surface area (TPSA) is 97.4 Å². The molecule has 0 saturated carbocycles.